The number of esters is 1. The third-order valence-corrected chi connectivity index (χ3v) is 3.47. The predicted molar refractivity (Wildman–Crippen MR) is 88.6 cm³/mol. The zero-order valence-corrected chi connectivity index (χ0v) is 13.4. The van der Waals surface area contributed by atoms with Crippen LogP contribution in [-0.2, 0) is 20.9 Å². The topological polar surface area (TPSA) is 55.4 Å². The van der Waals surface area contributed by atoms with Crippen LogP contribution >= 0.6 is 0 Å². The molecule has 0 saturated carbocycles. The fourth-order valence-corrected chi connectivity index (χ4v) is 2.26. The van der Waals surface area contributed by atoms with Gasteiger partial charge in [0.15, 0.2) is 0 Å². The number of ether oxygens (including phenoxy) is 1. The Labute approximate surface area is 136 Å². The van der Waals surface area contributed by atoms with Crippen molar-refractivity contribution in [2.45, 2.75) is 32.9 Å². The molecular formula is C19H21NO3. The van der Waals surface area contributed by atoms with E-state index in [2.05, 4.69) is 5.32 Å². The summed E-state index contributed by atoms with van der Waals surface area (Å²) in [6, 6.07) is 16.9. The predicted octanol–water partition coefficient (Wildman–Crippen LogP) is 3.31. The number of carbonyl (C=O) groups is 2. The third-order valence-electron chi connectivity index (χ3n) is 3.47. The second-order valence-electron chi connectivity index (χ2n) is 5.51. The Morgan fingerprint density at radius 1 is 1.04 bits per heavy atom. The molecule has 4 nitrogen and oxygen atoms in total. The summed E-state index contributed by atoms with van der Waals surface area (Å²) in [6.45, 7) is 3.67. The van der Waals surface area contributed by atoms with Crippen LogP contribution in [-0.4, -0.2) is 11.9 Å². The highest BCUT2D eigenvalue weighted by molar-refractivity contribution is 5.76. The first kappa shape index (κ1) is 16.7. The molecule has 1 unspecified atom stereocenters. The molecule has 0 aliphatic carbocycles. The molecule has 120 valence electrons. The van der Waals surface area contributed by atoms with Gasteiger partial charge in [-0.05, 0) is 18.1 Å². The molecule has 0 radical (unpaired) electrons. The first-order valence-electron chi connectivity index (χ1n) is 7.58. The lowest BCUT2D eigenvalue weighted by Crippen LogP contribution is -2.28. The molecule has 0 saturated heterocycles. The van der Waals surface area contributed by atoms with Crippen LogP contribution in [0.15, 0.2) is 54.6 Å². The summed E-state index contributed by atoms with van der Waals surface area (Å²) in [5.74, 6) is -0.514. The van der Waals surface area contributed by atoms with E-state index in [4.69, 9.17) is 4.74 Å². The van der Waals surface area contributed by atoms with Gasteiger partial charge in [0.2, 0.25) is 5.91 Å². The van der Waals surface area contributed by atoms with Gasteiger partial charge in [-0.1, -0.05) is 60.2 Å². The van der Waals surface area contributed by atoms with Crippen molar-refractivity contribution in [3.8, 4) is 0 Å². The first-order chi connectivity index (χ1) is 11.0. The molecule has 0 bridgehead atoms. The molecule has 2 aromatic carbocycles. The number of carbonyl (C=O) groups excluding carboxylic acids is 2. The number of hydrogen-bond acceptors (Lipinski definition) is 3. The maximum absolute atomic E-state index is 12.1. The zero-order valence-electron chi connectivity index (χ0n) is 13.4. The van der Waals surface area contributed by atoms with Crippen LogP contribution in [0.1, 0.15) is 36.1 Å². The number of rotatable bonds is 6. The molecule has 2 rings (SSSR count). The fraction of sp³-hybridized carbons (Fsp3) is 0.263. The standard InChI is InChI=1S/C19H21NO3/c1-14-8-10-17(11-9-14)18(20-15(2)21)12-19(22)23-13-16-6-4-3-5-7-16/h3-11,18H,12-13H2,1-2H3,(H,20,21). The van der Waals surface area contributed by atoms with Gasteiger partial charge in [-0.2, -0.15) is 0 Å². The van der Waals surface area contributed by atoms with Gasteiger partial charge in [0.05, 0.1) is 12.5 Å². The van der Waals surface area contributed by atoms with E-state index in [1.165, 1.54) is 6.92 Å². The van der Waals surface area contributed by atoms with Gasteiger partial charge < -0.3 is 10.1 Å². The quantitative estimate of drug-likeness (QED) is 0.833. The highest BCUT2D eigenvalue weighted by Gasteiger charge is 2.18. The Bertz CT molecular complexity index is 650. The third kappa shape index (κ3) is 5.58. The van der Waals surface area contributed by atoms with Gasteiger partial charge in [0, 0.05) is 6.92 Å². The monoisotopic (exact) mass is 311 g/mol. The Hall–Kier alpha value is -2.62. The van der Waals surface area contributed by atoms with Crippen molar-refractivity contribution in [1.29, 1.82) is 0 Å². The zero-order chi connectivity index (χ0) is 16.7. The number of amides is 1. The summed E-state index contributed by atoms with van der Waals surface area (Å²) in [4.78, 5) is 23.5. The van der Waals surface area contributed by atoms with E-state index >= 15 is 0 Å². The number of nitrogens with one attached hydrogen (secondary N) is 1. The van der Waals surface area contributed by atoms with E-state index in [9.17, 15) is 9.59 Å². The van der Waals surface area contributed by atoms with Gasteiger partial charge in [-0.3, -0.25) is 9.59 Å². The highest BCUT2D eigenvalue weighted by atomic mass is 16.5. The summed E-state index contributed by atoms with van der Waals surface area (Å²) in [6.07, 6.45) is 0.107. The summed E-state index contributed by atoms with van der Waals surface area (Å²) < 4.78 is 5.30. The minimum Gasteiger partial charge on any atom is -0.461 e. The van der Waals surface area contributed by atoms with E-state index in [0.717, 1.165) is 16.7 Å². The fourth-order valence-electron chi connectivity index (χ4n) is 2.26. The second-order valence-corrected chi connectivity index (χ2v) is 5.51. The molecule has 0 aliphatic heterocycles. The van der Waals surface area contributed by atoms with E-state index in [0.29, 0.717) is 0 Å². The Balaban J connectivity index is 1.98. The molecule has 1 N–H and O–H groups in total. The molecule has 2 aromatic rings. The van der Waals surface area contributed by atoms with Crippen LogP contribution < -0.4 is 5.32 Å². The molecule has 0 aliphatic rings. The van der Waals surface area contributed by atoms with Gasteiger partial charge in [-0.25, -0.2) is 0 Å². The van der Waals surface area contributed by atoms with E-state index in [1.54, 1.807) is 0 Å². The van der Waals surface area contributed by atoms with Crippen LogP contribution in [0.3, 0.4) is 0 Å². The largest absolute Gasteiger partial charge is 0.461 e. The summed E-state index contributed by atoms with van der Waals surface area (Å²) in [5, 5.41) is 2.80. The van der Waals surface area contributed by atoms with Crippen molar-refractivity contribution in [3.05, 3.63) is 71.3 Å². The van der Waals surface area contributed by atoms with Crippen molar-refractivity contribution < 1.29 is 14.3 Å². The van der Waals surface area contributed by atoms with E-state index in [1.807, 2.05) is 61.5 Å². The Morgan fingerprint density at radius 3 is 2.30 bits per heavy atom. The van der Waals surface area contributed by atoms with Crippen LogP contribution in [0.4, 0.5) is 0 Å². The molecule has 0 spiro atoms. The number of benzene rings is 2. The summed E-state index contributed by atoms with van der Waals surface area (Å²) in [5.41, 5.74) is 2.96. The maximum Gasteiger partial charge on any atom is 0.308 e. The van der Waals surface area contributed by atoms with E-state index < -0.39 is 0 Å². The average molecular weight is 311 g/mol. The Kier molecular flexibility index (Phi) is 5.92. The average Bonchev–Trinajstić information content (AvgIpc) is 2.53. The van der Waals surface area contributed by atoms with Gasteiger partial charge in [0.1, 0.15) is 6.61 Å². The molecule has 23 heavy (non-hydrogen) atoms. The lowest BCUT2D eigenvalue weighted by atomic mass is 10.0. The van der Waals surface area contributed by atoms with Gasteiger partial charge in [0.25, 0.3) is 0 Å². The molecule has 4 heteroatoms. The first-order valence-corrected chi connectivity index (χ1v) is 7.58. The van der Waals surface area contributed by atoms with Crippen LogP contribution in [0.2, 0.25) is 0 Å². The van der Waals surface area contributed by atoms with Crippen molar-refractivity contribution in [2.75, 3.05) is 0 Å². The van der Waals surface area contributed by atoms with Crippen molar-refractivity contribution in [1.82, 2.24) is 5.32 Å². The van der Waals surface area contributed by atoms with Gasteiger partial charge >= 0.3 is 5.97 Å². The number of hydrogen-bond donors (Lipinski definition) is 1. The summed E-state index contributed by atoms with van der Waals surface area (Å²) >= 11 is 0. The molecule has 0 fully saturated rings. The molecule has 0 aromatic heterocycles. The minimum atomic E-state index is -0.378. The molecular weight excluding hydrogens is 290 g/mol. The SMILES string of the molecule is CC(=O)NC(CC(=O)OCc1ccccc1)c1ccc(C)cc1. The van der Waals surface area contributed by atoms with Crippen LogP contribution in [0.5, 0.6) is 0 Å². The maximum atomic E-state index is 12.1. The lowest BCUT2D eigenvalue weighted by Gasteiger charge is -2.18. The highest BCUT2D eigenvalue weighted by Crippen LogP contribution is 2.18. The van der Waals surface area contributed by atoms with Crippen LogP contribution in [0.25, 0.3) is 0 Å². The minimum absolute atomic E-state index is 0.107. The summed E-state index contributed by atoms with van der Waals surface area (Å²) in [7, 11) is 0. The van der Waals surface area contributed by atoms with Gasteiger partial charge in [-0.15, -0.1) is 0 Å². The second kappa shape index (κ2) is 8.13. The van der Waals surface area contributed by atoms with Crippen LogP contribution in [0, 0.1) is 6.92 Å². The molecule has 1 amide bonds. The normalized spacial score (nSPS) is 11.6. The molecule has 0 heterocycles. The smallest absolute Gasteiger partial charge is 0.308 e. The van der Waals surface area contributed by atoms with Crippen molar-refractivity contribution in [2.24, 2.45) is 0 Å². The lowest BCUT2D eigenvalue weighted by molar-refractivity contribution is -0.145. The number of aryl methyl sites for hydroxylation is 1. The Morgan fingerprint density at radius 2 is 1.70 bits per heavy atom. The van der Waals surface area contributed by atoms with Crippen molar-refractivity contribution >= 4 is 11.9 Å². The van der Waals surface area contributed by atoms with E-state index in [-0.39, 0.29) is 30.9 Å². The molecule has 1 atom stereocenters. The van der Waals surface area contributed by atoms with Crippen molar-refractivity contribution in [3.63, 3.8) is 0 Å².